The summed E-state index contributed by atoms with van der Waals surface area (Å²) in [7, 11) is -1.83. The number of carbonyl (C=O) groups excluding carboxylic acids is 1. The van der Waals surface area contributed by atoms with Gasteiger partial charge in [-0.1, -0.05) is 18.2 Å². The van der Waals surface area contributed by atoms with E-state index in [9.17, 15) is 13.2 Å². The van der Waals surface area contributed by atoms with Gasteiger partial charge in [0.1, 0.15) is 0 Å². The molecule has 0 aromatic heterocycles. The molecule has 150 valence electrons. The molecule has 0 radical (unpaired) electrons. The number of hydrogen-bond acceptors (Lipinski definition) is 3. The number of fused-ring (bicyclic) bond motifs is 1. The lowest BCUT2D eigenvalue weighted by Gasteiger charge is -2.21. The number of hydrogen-bond donors (Lipinski definition) is 1. The Hall–Kier alpha value is -2.34. The fourth-order valence-corrected chi connectivity index (χ4v) is 4.28. The Bertz CT molecular complexity index is 999. The van der Waals surface area contributed by atoms with Crippen molar-refractivity contribution in [1.29, 1.82) is 0 Å². The van der Waals surface area contributed by atoms with E-state index in [2.05, 4.69) is 23.5 Å². The van der Waals surface area contributed by atoms with Crippen LogP contribution in [0, 0.1) is 6.92 Å². The molecule has 0 bridgehead atoms. The van der Waals surface area contributed by atoms with Gasteiger partial charge in [-0.2, -0.15) is 0 Å². The van der Waals surface area contributed by atoms with Crippen molar-refractivity contribution < 1.29 is 13.2 Å². The molecule has 0 saturated carbocycles. The van der Waals surface area contributed by atoms with Crippen molar-refractivity contribution in [2.45, 2.75) is 45.6 Å². The van der Waals surface area contributed by atoms with Crippen LogP contribution in [0.25, 0.3) is 0 Å². The summed E-state index contributed by atoms with van der Waals surface area (Å²) in [6.07, 6.45) is 5.89. The molecule has 28 heavy (non-hydrogen) atoms. The van der Waals surface area contributed by atoms with Crippen LogP contribution < -0.4 is 9.62 Å². The van der Waals surface area contributed by atoms with Crippen molar-refractivity contribution in [3.8, 4) is 0 Å². The minimum Gasteiger partial charge on any atom is -0.346 e. The summed E-state index contributed by atoms with van der Waals surface area (Å²) in [5.41, 5.74) is 5.76. The van der Waals surface area contributed by atoms with Crippen molar-refractivity contribution in [3.05, 3.63) is 64.2 Å². The van der Waals surface area contributed by atoms with Crippen LogP contribution in [-0.2, 0) is 22.9 Å². The van der Waals surface area contributed by atoms with Crippen molar-refractivity contribution >= 4 is 21.6 Å². The largest absolute Gasteiger partial charge is 0.346 e. The van der Waals surface area contributed by atoms with Gasteiger partial charge in [0.2, 0.25) is 10.0 Å². The van der Waals surface area contributed by atoms with E-state index in [1.54, 1.807) is 25.1 Å². The lowest BCUT2D eigenvalue weighted by molar-refractivity contribution is 0.0940. The molecule has 6 heteroatoms. The first-order valence-electron chi connectivity index (χ1n) is 9.64. The maximum Gasteiger partial charge on any atom is 0.251 e. The molecule has 1 aliphatic rings. The first-order chi connectivity index (χ1) is 13.2. The highest BCUT2D eigenvalue weighted by Gasteiger charge is 2.18. The van der Waals surface area contributed by atoms with E-state index < -0.39 is 10.0 Å². The van der Waals surface area contributed by atoms with Crippen molar-refractivity contribution in [1.82, 2.24) is 5.32 Å². The Morgan fingerprint density at radius 1 is 1.07 bits per heavy atom. The molecule has 2 aromatic carbocycles. The summed E-state index contributed by atoms with van der Waals surface area (Å²) in [5.74, 6) is -0.165. The van der Waals surface area contributed by atoms with E-state index in [1.165, 1.54) is 35.3 Å². The van der Waals surface area contributed by atoms with Gasteiger partial charge < -0.3 is 5.32 Å². The number of nitrogens with zero attached hydrogens (tertiary/aromatic N) is 1. The number of nitrogens with one attached hydrogen (secondary N) is 1. The third-order valence-corrected chi connectivity index (χ3v) is 6.71. The maximum atomic E-state index is 12.7. The maximum absolute atomic E-state index is 12.7. The number of benzene rings is 2. The monoisotopic (exact) mass is 400 g/mol. The van der Waals surface area contributed by atoms with Crippen LogP contribution in [0.1, 0.15) is 58.4 Å². The summed E-state index contributed by atoms with van der Waals surface area (Å²) in [4.78, 5) is 12.7. The zero-order valence-corrected chi connectivity index (χ0v) is 17.8. The zero-order valence-electron chi connectivity index (χ0n) is 17.0. The fraction of sp³-hybridized carbons (Fsp3) is 0.409. The lowest BCUT2D eigenvalue weighted by atomic mass is 9.89. The summed E-state index contributed by atoms with van der Waals surface area (Å²) >= 11 is 0. The van der Waals surface area contributed by atoms with Crippen LogP contribution >= 0.6 is 0 Å². The molecule has 0 unspecified atom stereocenters. The van der Waals surface area contributed by atoms with Crippen LogP contribution in [0.4, 0.5) is 5.69 Å². The highest BCUT2D eigenvalue weighted by Crippen LogP contribution is 2.26. The van der Waals surface area contributed by atoms with Crippen LogP contribution in [0.5, 0.6) is 0 Å². The molecule has 1 aliphatic carbocycles. The number of anilines is 1. The van der Waals surface area contributed by atoms with E-state index in [1.807, 2.05) is 6.92 Å². The standard InChI is InChI=1S/C22H28N2O3S/c1-15-13-20(11-12-21(15)24(3)28(4,26)27)22(25)23-16(2)18-10-9-17-7-5-6-8-19(17)14-18/h9-14,16H,5-8H2,1-4H3,(H,23,25)/t16-/m0/s1. The molecule has 0 spiro atoms. The molecule has 2 aromatic rings. The number of carbonyl (C=O) groups is 1. The predicted molar refractivity (Wildman–Crippen MR) is 113 cm³/mol. The molecule has 0 heterocycles. The molecule has 0 fully saturated rings. The van der Waals surface area contributed by atoms with Crippen LogP contribution in [0.3, 0.4) is 0 Å². The Morgan fingerprint density at radius 3 is 2.39 bits per heavy atom. The highest BCUT2D eigenvalue weighted by atomic mass is 32.2. The van der Waals surface area contributed by atoms with E-state index in [-0.39, 0.29) is 11.9 Å². The van der Waals surface area contributed by atoms with E-state index >= 15 is 0 Å². The minimum atomic E-state index is -3.34. The summed E-state index contributed by atoms with van der Waals surface area (Å²) in [5, 5.41) is 3.05. The molecular weight excluding hydrogens is 372 g/mol. The van der Waals surface area contributed by atoms with Crippen LogP contribution in [0.2, 0.25) is 0 Å². The smallest absolute Gasteiger partial charge is 0.251 e. The second kappa shape index (κ2) is 7.95. The fourth-order valence-electron chi connectivity index (χ4n) is 3.71. The molecule has 1 atom stereocenters. The first kappa shape index (κ1) is 20.4. The molecule has 0 saturated heterocycles. The molecule has 3 rings (SSSR count). The second-order valence-corrected chi connectivity index (χ2v) is 9.68. The Kier molecular flexibility index (Phi) is 5.79. The average Bonchev–Trinajstić information content (AvgIpc) is 2.66. The molecule has 1 N–H and O–H groups in total. The Morgan fingerprint density at radius 2 is 1.75 bits per heavy atom. The van der Waals surface area contributed by atoms with Gasteiger partial charge in [-0.3, -0.25) is 9.10 Å². The first-order valence-corrected chi connectivity index (χ1v) is 11.5. The van der Waals surface area contributed by atoms with Gasteiger partial charge >= 0.3 is 0 Å². The van der Waals surface area contributed by atoms with E-state index in [0.29, 0.717) is 11.3 Å². The van der Waals surface area contributed by atoms with Crippen molar-refractivity contribution in [3.63, 3.8) is 0 Å². The number of amides is 1. The average molecular weight is 401 g/mol. The van der Waals surface area contributed by atoms with Gasteiger partial charge in [-0.25, -0.2) is 8.42 Å². The third kappa shape index (κ3) is 4.38. The molecule has 0 aliphatic heterocycles. The second-order valence-electron chi connectivity index (χ2n) is 7.66. The van der Waals surface area contributed by atoms with E-state index in [4.69, 9.17) is 0 Å². The van der Waals surface area contributed by atoms with Gasteiger partial charge in [-0.15, -0.1) is 0 Å². The molecule has 1 amide bonds. The Labute approximate surface area is 167 Å². The van der Waals surface area contributed by atoms with Gasteiger partial charge in [0, 0.05) is 12.6 Å². The van der Waals surface area contributed by atoms with Gasteiger partial charge in [0.25, 0.3) is 5.91 Å². The topological polar surface area (TPSA) is 66.5 Å². The van der Waals surface area contributed by atoms with Crippen molar-refractivity contribution in [2.75, 3.05) is 17.6 Å². The van der Waals surface area contributed by atoms with Gasteiger partial charge in [-0.05, 0) is 80.0 Å². The number of aryl methyl sites for hydroxylation is 3. The quantitative estimate of drug-likeness (QED) is 0.831. The predicted octanol–water partition coefficient (Wildman–Crippen LogP) is 3.76. The number of sulfonamides is 1. The third-order valence-electron chi connectivity index (χ3n) is 5.52. The summed E-state index contributed by atoms with van der Waals surface area (Å²) in [6.45, 7) is 3.79. The molecule has 5 nitrogen and oxygen atoms in total. The van der Waals surface area contributed by atoms with E-state index in [0.717, 1.165) is 30.2 Å². The molecular formula is C22H28N2O3S. The van der Waals surface area contributed by atoms with Gasteiger partial charge in [0.15, 0.2) is 0 Å². The SMILES string of the molecule is Cc1cc(C(=O)N[C@@H](C)c2ccc3c(c2)CCCC3)ccc1N(C)S(C)(=O)=O. The Balaban J connectivity index is 1.75. The van der Waals surface area contributed by atoms with Crippen LogP contribution in [0.15, 0.2) is 36.4 Å². The summed E-state index contributed by atoms with van der Waals surface area (Å²) < 4.78 is 24.7. The highest BCUT2D eigenvalue weighted by molar-refractivity contribution is 7.92. The number of rotatable bonds is 5. The minimum absolute atomic E-state index is 0.0987. The van der Waals surface area contributed by atoms with Crippen LogP contribution in [-0.4, -0.2) is 27.6 Å². The summed E-state index contributed by atoms with van der Waals surface area (Å²) in [6, 6.07) is 11.5. The lowest BCUT2D eigenvalue weighted by Crippen LogP contribution is -2.28. The zero-order chi connectivity index (χ0) is 20.5. The van der Waals surface area contributed by atoms with Gasteiger partial charge in [0.05, 0.1) is 18.0 Å². The normalized spacial score (nSPS) is 14.9. The van der Waals surface area contributed by atoms with Crippen molar-refractivity contribution in [2.24, 2.45) is 0 Å².